The average molecular weight is 251 g/mol. The summed E-state index contributed by atoms with van der Waals surface area (Å²) in [6, 6.07) is 10.2. The average Bonchev–Trinajstić information content (AvgIpc) is 2.26. The largest absolute Gasteiger partial charge is 0.368 e. The summed E-state index contributed by atoms with van der Waals surface area (Å²) < 4.78 is 10.2. The molecule has 0 aliphatic carbocycles. The van der Waals surface area contributed by atoms with Crippen LogP contribution in [0.3, 0.4) is 0 Å². The molecular formula is C14H21NOS. The van der Waals surface area contributed by atoms with E-state index in [9.17, 15) is 0 Å². The molecule has 0 aliphatic heterocycles. The van der Waals surface area contributed by atoms with Gasteiger partial charge in [0, 0.05) is 11.0 Å². The number of hydrogen-bond acceptors (Lipinski definition) is 3. The predicted molar refractivity (Wildman–Crippen MR) is 76.5 cm³/mol. The van der Waals surface area contributed by atoms with Crippen molar-refractivity contribution in [2.75, 3.05) is 0 Å². The highest BCUT2D eigenvalue weighted by Gasteiger charge is 2.09. The zero-order valence-corrected chi connectivity index (χ0v) is 11.8. The van der Waals surface area contributed by atoms with Gasteiger partial charge in [0.1, 0.15) is 0 Å². The monoisotopic (exact) mass is 251 g/mol. The highest BCUT2D eigenvalue weighted by molar-refractivity contribution is 7.99. The predicted octanol–water partition coefficient (Wildman–Crippen LogP) is 4.11. The minimum atomic E-state index is 0.0463. The molecule has 0 saturated carbocycles. The van der Waals surface area contributed by atoms with E-state index < -0.39 is 0 Å². The molecule has 0 amide bonds. The van der Waals surface area contributed by atoms with E-state index >= 15 is 0 Å². The minimum Gasteiger partial charge on any atom is -0.368 e. The summed E-state index contributed by atoms with van der Waals surface area (Å²) in [5.41, 5.74) is 1.19. The van der Waals surface area contributed by atoms with Crippen LogP contribution in [0.1, 0.15) is 33.3 Å². The molecule has 0 heterocycles. The van der Waals surface area contributed by atoms with Crippen molar-refractivity contribution < 1.29 is 4.74 Å². The van der Waals surface area contributed by atoms with Crippen LogP contribution in [0.25, 0.3) is 0 Å². The van der Waals surface area contributed by atoms with Crippen molar-refractivity contribution >= 4 is 18.2 Å². The van der Waals surface area contributed by atoms with Crippen LogP contribution in [0.2, 0.25) is 0 Å². The van der Waals surface area contributed by atoms with Crippen LogP contribution in [0, 0.1) is 0 Å². The van der Waals surface area contributed by atoms with E-state index in [4.69, 9.17) is 4.74 Å². The summed E-state index contributed by atoms with van der Waals surface area (Å²) in [6.07, 6.45) is 1.91. The highest BCUT2D eigenvalue weighted by Crippen LogP contribution is 2.23. The van der Waals surface area contributed by atoms with Crippen molar-refractivity contribution in [3.05, 3.63) is 35.9 Å². The third-order valence-corrected chi connectivity index (χ3v) is 2.73. The molecule has 1 rings (SSSR count). The second-order valence-corrected chi connectivity index (χ2v) is 6.58. The molecule has 1 atom stereocenters. The maximum absolute atomic E-state index is 5.68. The van der Waals surface area contributed by atoms with Gasteiger partial charge in [-0.1, -0.05) is 30.3 Å². The molecule has 94 valence electrons. The summed E-state index contributed by atoms with van der Waals surface area (Å²) in [6.45, 7) is 9.07. The van der Waals surface area contributed by atoms with E-state index in [-0.39, 0.29) is 10.9 Å². The van der Waals surface area contributed by atoms with Crippen molar-refractivity contribution in [2.24, 2.45) is 4.40 Å². The Balaban J connectivity index is 2.28. The Bertz CT molecular complexity index is 343. The van der Waals surface area contributed by atoms with Gasteiger partial charge in [-0.25, -0.2) is 4.40 Å². The fourth-order valence-electron chi connectivity index (χ4n) is 1.12. The number of ether oxygens (including phenoxy) is 1. The number of rotatable bonds is 5. The van der Waals surface area contributed by atoms with Crippen molar-refractivity contribution in [3.8, 4) is 0 Å². The van der Waals surface area contributed by atoms with E-state index in [0.717, 1.165) is 0 Å². The first-order valence-corrected chi connectivity index (χ1v) is 6.62. The molecule has 0 aromatic heterocycles. The molecule has 0 fully saturated rings. The second-order valence-electron chi connectivity index (χ2n) is 4.96. The molecule has 3 heteroatoms. The highest BCUT2D eigenvalue weighted by atomic mass is 32.2. The lowest BCUT2D eigenvalue weighted by molar-refractivity contribution is 0.0992. The molecule has 0 radical (unpaired) electrons. The van der Waals surface area contributed by atoms with E-state index in [1.54, 1.807) is 11.9 Å². The van der Waals surface area contributed by atoms with Gasteiger partial charge in [-0.05, 0) is 45.2 Å². The van der Waals surface area contributed by atoms with E-state index in [2.05, 4.69) is 37.3 Å². The summed E-state index contributed by atoms with van der Waals surface area (Å²) in [5.74, 6) is 0. The Morgan fingerprint density at radius 1 is 1.29 bits per heavy atom. The van der Waals surface area contributed by atoms with Gasteiger partial charge in [0.05, 0.1) is 12.7 Å². The Morgan fingerprint density at radius 3 is 2.53 bits per heavy atom. The second kappa shape index (κ2) is 6.82. The maximum atomic E-state index is 5.68. The van der Waals surface area contributed by atoms with Crippen molar-refractivity contribution in [3.63, 3.8) is 0 Å². The van der Waals surface area contributed by atoms with Gasteiger partial charge < -0.3 is 4.74 Å². The van der Waals surface area contributed by atoms with Gasteiger partial charge in [0.15, 0.2) is 0 Å². The fraction of sp³-hybridized carbons (Fsp3) is 0.500. The Hall–Kier alpha value is -0.800. The molecule has 0 bridgehead atoms. The molecule has 1 unspecified atom stereocenters. The van der Waals surface area contributed by atoms with E-state index in [1.165, 1.54) is 5.56 Å². The van der Waals surface area contributed by atoms with Crippen LogP contribution in [0.5, 0.6) is 0 Å². The Morgan fingerprint density at radius 2 is 1.94 bits per heavy atom. The van der Waals surface area contributed by atoms with Gasteiger partial charge in [-0.15, -0.1) is 0 Å². The zero-order valence-electron chi connectivity index (χ0n) is 11.0. The Kier molecular flexibility index (Phi) is 5.72. The lowest BCUT2D eigenvalue weighted by Gasteiger charge is -2.13. The number of benzene rings is 1. The molecule has 0 spiro atoms. The van der Waals surface area contributed by atoms with Gasteiger partial charge in [-0.2, -0.15) is 0 Å². The van der Waals surface area contributed by atoms with Crippen LogP contribution in [0.15, 0.2) is 34.7 Å². The fourth-order valence-corrected chi connectivity index (χ4v) is 1.67. The quantitative estimate of drug-likeness (QED) is 0.580. The lowest BCUT2D eigenvalue weighted by Crippen LogP contribution is -2.10. The first-order valence-electron chi connectivity index (χ1n) is 5.84. The molecule has 0 aliphatic rings. The van der Waals surface area contributed by atoms with E-state index in [0.29, 0.717) is 6.61 Å². The number of hydrogen-bond donors (Lipinski definition) is 0. The van der Waals surface area contributed by atoms with Crippen molar-refractivity contribution in [1.29, 1.82) is 0 Å². The minimum absolute atomic E-state index is 0.0463. The van der Waals surface area contributed by atoms with Crippen LogP contribution >= 0.6 is 11.9 Å². The normalized spacial score (nSPS) is 14.1. The SMILES string of the molecule is CC(C=NSC(C)(C)C)OCc1ccccc1. The van der Waals surface area contributed by atoms with Crippen molar-refractivity contribution in [2.45, 2.75) is 45.2 Å². The zero-order chi connectivity index (χ0) is 12.7. The molecule has 17 heavy (non-hydrogen) atoms. The summed E-state index contributed by atoms with van der Waals surface area (Å²) in [7, 11) is 0. The third kappa shape index (κ3) is 7.18. The van der Waals surface area contributed by atoms with Crippen LogP contribution in [0.4, 0.5) is 0 Å². The number of nitrogens with zero attached hydrogens (tertiary/aromatic N) is 1. The summed E-state index contributed by atoms with van der Waals surface area (Å²) >= 11 is 1.57. The maximum Gasteiger partial charge on any atom is 0.0909 e. The van der Waals surface area contributed by atoms with Crippen molar-refractivity contribution in [1.82, 2.24) is 0 Å². The first kappa shape index (κ1) is 14.3. The van der Waals surface area contributed by atoms with Gasteiger partial charge in [0.2, 0.25) is 0 Å². The molecule has 0 N–H and O–H groups in total. The first-order chi connectivity index (χ1) is 7.97. The van der Waals surface area contributed by atoms with Gasteiger partial charge in [-0.3, -0.25) is 0 Å². The molecule has 1 aromatic carbocycles. The van der Waals surface area contributed by atoms with Crippen LogP contribution < -0.4 is 0 Å². The van der Waals surface area contributed by atoms with Gasteiger partial charge in [0.25, 0.3) is 0 Å². The topological polar surface area (TPSA) is 21.6 Å². The van der Waals surface area contributed by atoms with Crippen LogP contribution in [-0.4, -0.2) is 17.1 Å². The third-order valence-electron chi connectivity index (χ3n) is 1.95. The molecular weight excluding hydrogens is 230 g/mol. The smallest absolute Gasteiger partial charge is 0.0909 e. The lowest BCUT2D eigenvalue weighted by atomic mass is 10.2. The standard InChI is InChI=1S/C14H21NOS/c1-12(10-15-17-14(2,3)4)16-11-13-8-6-5-7-9-13/h5-10,12H,11H2,1-4H3. The molecule has 1 aromatic rings. The van der Waals surface area contributed by atoms with Gasteiger partial charge >= 0.3 is 0 Å². The van der Waals surface area contributed by atoms with Crippen LogP contribution in [-0.2, 0) is 11.3 Å². The summed E-state index contributed by atoms with van der Waals surface area (Å²) in [5, 5.41) is 0. The van der Waals surface area contributed by atoms with E-state index in [1.807, 2.05) is 31.3 Å². The molecule has 2 nitrogen and oxygen atoms in total. The summed E-state index contributed by atoms with van der Waals surface area (Å²) in [4.78, 5) is 0. The Labute approximate surface area is 109 Å². The molecule has 0 saturated heterocycles.